The first-order valence-corrected chi connectivity index (χ1v) is 7.98. The minimum Gasteiger partial charge on any atom is -0.358 e. The summed E-state index contributed by atoms with van der Waals surface area (Å²) in [7, 11) is 0. The van der Waals surface area contributed by atoms with Crippen molar-refractivity contribution < 1.29 is 13.6 Å². The van der Waals surface area contributed by atoms with Gasteiger partial charge in [0.15, 0.2) is 0 Å². The minimum atomic E-state index is -0.786. The lowest BCUT2D eigenvalue weighted by Crippen LogP contribution is -2.15. The molecule has 118 valence electrons. The van der Waals surface area contributed by atoms with Crippen LogP contribution in [0.1, 0.15) is 5.69 Å². The molecule has 23 heavy (non-hydrogen) atoms. The number of aromatic nitrogens is 1. The number of halogens is 2. The molecule has 2 N–H and O–H groups in total. The molecule has 0 radical (unpaired) electrons. The molecular weight excluding hydrogens is 318 g/mol. The van der Waals surface area contributed by atoms with Crippen molar-refractivity contribution >= 4 is 34.3 Å². The van der Waals surface area contributed by atoms with Crippen molar-refractivity contribution in [3.63, 3.8) is 0 Å². The van der Waals surface area contributed by atoms with E-state index in [0.717, 1.165) is 33.6 Å². The number of anilines is 1. The Kier molecular flexibility index (Phi) is 4.34. The number of carbonyl (C=O) groups excluding carboxylic acids is 1. The molecule has 0 saturated heterocycles. The summed E-state index contributed by atoms with van der Waals surface area (Å²) in [6.45, 7) is 1.94. The fourth-order valence-electron chi connectivity index (χ4n) is 2.35. The Morgan fingerprint density at radius 2 is 2.00 bits per heavy atom. The molecule has 0 spiro atoms. The number of aryl methyl sites for hydroxylation is 1. The van der Waals surface area contributed by atoms with E-state index in [-0.39, 0.29) is 17.3 Å². The van der Waals surface area contributed by atoms with E-state index in [2.05, 4.69) is 10.3 Å². The van der Waals surface area contributed by atoms with E-state index < -0.39 is 11.6 Å². The first kappa shape index (κ1) is 15.6. The Morgan fingerprint density at radius 1 is 1.22 bits per heavy atom. The van der Waals surface area contributed by atoms with Crippen molar-refractivity contribution in [2.75, 3.05) is 11.1 Å². The molecule has 0 aliphatic carbocycles. The summed E-state index contributed by atoms with van der Waals surface area (Å²) in [6.07, 6.45) is 0. The van der Waals surface area contributed by atoms with E-state index >= 15 is 0 Å². The number of nitrogens with one attached hydrogen (secondary N) is 2. The number of amides is 1. The van der Waals surface area contributed by atoms with Gasteiger partial charge < -0.3 is 10.3 Å². The van der Waals surface area contributed by atoms with Gasteiger partial charge >= 0.3 is 0 Å². The Balaban J connectivity index is 1.70. The highest BCUT2D eigenvalue weighted by Crippen LogP contribution is 2.31. The summed E-state index contributed by atoms with van der Waals surface area (Å²) >= 11 is 1.38. The number of para-hydroxylation sites is 1. The van der Waals surface area contributed by atoms with Gasteiger partial charge in [-0.2, -0.15) is 0 Å². The van der Waals surface area contributed by atoms with E-state index in [1.807, 2.05) is 31.2 Å². The zero-order valence-electron chi connectivity index (χ0n) is 12.3. The van der Waals surface area contributed by atoms with Gasteiger partial charge in [0, 0.05) is 27.6 Å². The third-order valence-corrected chi connectivity index (χ3v) is 4.61. The number of hydrogen-bond acceptors (Lipinski definition) is 2. The molecule has 1 heterocycles. The van der Waals surface area contributed by atoms with Crippen molar-refractivity contribution in [2.24, 2.45) is 0 Å². The van der Waals surface area contributed by atoms with Gasteiger partial charge in [-0.15, -0.1) is 11.8 Å². The van der Waals surface area contributed by atoms with Crippen LogP contribution in [-0.4, -0.2) is 16.6 Å². The van der Waals surface area contributed by atoms with Crippen LogP contribution >= 0.6 is 11.8 Å². The van der Waals surface area contributed by atoms with E-state index in [9.17, 15) is 13.6 Å². The predicted octanol–water partition coefficient (Wildman–Crippen LogP) is 4.49. The van der Waals surface area contributed by atoms with Crippen LogP contribution in [0.4, 0.5) is 14.5 Å². The van der Waals surface area contributed by atoms with Crippen LogP contribution in [0, 0.1) is 18.6 Å². The molecule has 0 bridgehead atoms. The van der Waals surface area contributed by atoms with E-state index in [1.54, 1.807) is 0 Å². The lowest BCUT2D eigenvalue weighted by atomic mass is 10.2. The Bertz CT molecular complexity index is 876. The van der Waals surface area contributed by atoms with Crippen LogP contribution in [0.3, 0.4) is 0 Å². The molecule has 3 aromatic rings. The smallest absolute Gasteiger partial charge is 0.234 e. The standard InChI is InChI=1S/C17H14F2N2OS/c1-10-17(12-4-2-3-5-14(12)20-10)23-9-16(22)21-15-7-6-11(18)8-13(15)19/h2-8,20H,9H2,1H3,(H,21,22). The maximum absolute atomic E-state index is 13.5. The molecule has 0 unspecified atom stereocenters. The normalized spacial score (nSPS) is 10.9. The summed E-state index contributed by atoms with van der Waals surface area (Å²) in [5.41, 5.74) is 1.97. The number of thioether (sulfide) groups is 1. The van der Waals surface area contributed by atoms with Crippen molar-refractivity contribution in [3.8, 4) is 0 Å². The van der Waals surface area contributed by atoms with Crippen molar-refractivity contribution in [1.82, 2.24) is 4.98 Å². The van der Waals surface area contributed by atoms with Crippen LogP contribution in [0.25, 0.3) is 10.9 Å². The highest BCUT2D eigenvalue weighted by Gasteiger charge is 2.12. The third kappa shape index (κ3) is 3.37. The molecule has 3 nitrogen and oxygen atoms in total. The molecule has 6 heteroatoms. The highest BCUT2D eigenvalue weighted by molar-refractivity contribution is 8.00. The number of aromatic amines is 1. The van der Waals surface area contributed by atoms with Crippen molar-refractivity contribution in [2.45, 2.75) is 11.8 Å². The fraction of sp³-hybridized carbons (Fsp3) is 0.118. The average Bonchev–Trinajstić information content (AvgIpc) is 2.83. The topological polar surface area (TPSA) is 44.9 Å². The fourth-order valence-corrected chi connectivity index (χ4v) is 3.30. The van der Waals surface area contributed by atoms with Crippen LogP contribution < -0.4 is 5.32 Å². The lowest BCUT2D eigenvalue weighted by Gasteiger charge is -2.06. The molecule has 0 atom stereocenters. The number of rotatable bonds is 4. The quantitative estimate of drug-likeness (QED) is 0.692. The first-order chi connectivity index (χ1) is 11.0. The van der Waals surface area contributed by atoms with E-state index in [1.165, 1.54) is 17.8 Å². The molecular formula is C17H14F2N2OS. The summed E-state index contributed by atoms with van der Waals surface area (Å²) in [5.74, 6) is -1.67. The summed E-state index contributed by atoms with van der Waals surface area (Å²) in [5, 5.41) is 3.51. The average molecular weight is 332 g/mol. The number of benzene rings is 2. The van der Waals surface area contributed by atoms with Gasteiger partial charge in [-0.25, -0.2) is 8.78 Å². The maximum Gasteiger partial charge on any atom is 0.234 e. The van der Waals surface area contributed by atoms with Gasteiger partial charge in [-0.05, 0) is 25.1 Å². The van der Waals surface area contributed by atoms with Gasteiger partial charge in [-0.1, -0.05) is 18.2 Å². The molecule has 0 aliphatic rings. The Labute approximate surface area is 136 Å². The third-order valence-electron chi connectivity index (χ3n) is 3.39. The Hall–Kier alpha value is -2.34. The van der Waals surface area contributed by atoms with Crippen molar-refractivity contribution in [3.05, 3.63) is 59.8 Å². The second-order valence-electron chi connectivity index (χ2n) is 5.09. The van der Waals surface area contributed by atoms with Crippen LogP contribution in [0.5, 0.6) is 0 Å². The number of fused-ring (bicyclic) bond motifs is 1. The van der Waals surface area contributed by atoms with Gasteiger partial charge in [0.25, 0.3) is 0 Å². The minimum absolute atomic E-state index is 0.0207. The number of hydrogen-bond donors (Lipinski definition) is 2. The largest absolute Gasteiger partial charge is 0.358 e. The van der Waals surface area contributed by atoms with Crippen LogP contribution in [0.2, 0.25) is 0 Å². The van der Waals surface area contributed by atoms with Gasteiger partial charge in [0.1, 0.15) is 11.6 Å². The monoisotopic (exact) mass is 332 g/mol. The second kappa shape index (κ2) is 6.42. The molecule has 2 aromatic carbocycles. The zero-order valence-corrected chi connectivity index (χ0v) is 13.1. The maximum atomic E-state index is 13.5. The van der Waals surface area contributed by atoms with Crippen molar-refractivity contribution in [1.29, 1.82) is 0 Å². The Morgan fingerprint density at radius 3 is 2.78 bits per heavy atom. The van der Waals surface area contributed by atoms with Crippen LogP contribution in [0.15, 0.2) is 47.4 Å². The predicted molar refractivity (Wildman–Crippen MR) is 88.7 cm³/mol. The van der Waals surface area contributed by atoms with Gasteiger partial charge in [-0.3, -0.25) is 4.79 Å². The molecule has 0 saturated carbocycles. The van der Waals surface area contributed by atoms with Gasteiger partial charge in [0.2, 0.25) is 5.91 Å². The first-order valence-electron chi connectivity index (χ1n) is 6.99. The zero-order chi connectivity index (χ0) is 16.4. The molecule has 1 aromatic heterocycles. The molecule has 1 amide bonds. The summed E-state index contributed by atoms with van der Waals surface area (Å²) < 4.78 is 26.4. The number of H-pyrrole nitrogens is 1. The molecule has 3 rings (SSSR count). The summed E-state index contributed by atoms with van der Waals surface area (Å²) in [4.78, 5) is 16.2. The highest BCUT2D eigenvalue weighted by atomic mass is 32.2. The van der Waals surface area contributed by atoms with Crippen LogP contribution in [-0.2, 0) is 4.79 Å². The second-order valence-corrected chi connectivity index (χ2v) is 6.07. The molecule has 0 fully saturated rings. The SMILES string of the molecule is Cc1[nH]c2ccccc2c1SCC(=O)Nc1ccc(F)cc1F. The van der Waals surface area contributed by atoms with E-state index in [4.69, 9.17) is 0 Å². The van der Waals surface area contributed by atoms with E-state index in [0.29, 0.717) is 0 Å². The van der Waals surface area contributed by atoms with Gasteiger partial charge in [0.05, 0.1) is 11.4 Å². The lowest BCUT2D eigenvalue weighted by molar-refractivity contribution is -0.113. The molecule has 0 aliphatic heterocycles. The number of carbonyl (C=O) groups is 1. The summed E-state index contributed by atoms with van der Waals surface area (Å²) in [6, 6.07) is 10.9.